The first kappa shape index (κ1) is 15.0. The van der Waals surface area contributed by atoms with Crippen molar-refractivity contribution in [2.24, 2.45) is 0 Å². The first-order valence-electron chi connectivity index (χ1n) is 6.22. The minimum absolute atomic E-state index is 0.126. The van der Waals surface area contributed by atoms with Gasteiger partial charge in [-0.25, -0.2) is 4.39 Å². The standard InChI is InChI=1S/C13H13FN2O.C2H6/c1-8-5-12(15)11(14)7-13(8)17-10-3-4-16-9(2)6-10;1-2/h3-7H,15H2,1-2H3;1-2H3. The van der Waals surface area contributed by atoms with E-state index >= 15 is 0 Å². The van der Waals surface area contributed by atoms with Gasteiger partial charge in [-0.3, -0.25) is 4.98 Å². The van der Waals surface area contributed by atoms with Gasteiger partial charge in [-0.1, -0.05) is 13.8 Å². The Kier molecular flexibility index (Phi) is 5.30. The van der Waals surface area contributed by atoms with Crippen LogP contribution in [0.5, 0.6) is 11.5 Å². The predicted molar refractivity (Wildman–Crippen MR) is 75.9 cm³/mol. The molecule has 0 fully saturated rings. The second-order valence-corrected chi connectivity index (χ2v) is 3.87. The fourth-order valence-corrected chi connectivity index (χ4v) is 1.51. The van der Waals surface area contributed by atoms with E-state index in [1.807, 2.05) is 27.7 Å². The molecule has 1 heterocycles. The summed E-state index contributed by atoms with van der Waals surface area (Å²) in [6.45, 7) is 7.68. The molecular formula is C15H19FN2O. The van der Waals surface area contributed by atoms with Crippen LogP contribution in [0.4, 0.5) is 10.1 Å². The van der Waals surface area contributed by atoms with Crippen LogP contribution in [0, 0.1) is 19.7 Å². The van der Waals surface area contributed by atoms with E-state index < -0.39 is 5.82 Å². The van der Waals surface area contributed by atoms with Gasteiger partial charge >= 0.3 is 0 Å². The van der Waals surface area contributed by atoms with Crippen molar-refractivity contribution >= 4 is 5.69 Å². The maximum Gasteiger partial charge on any atom is 0.149 e. The van der Waals surface area contributed by atoms with E-state index in [1.165, 1.54) is 6.07 Å². The lowest BCUT2D eigenvalue weighted by molar-refractivity contribution is 0.472. The van der Waals surface area contributed by atoms with E-state index in [-0.39, 0.29) is 5.69 Å². The molecule has 0 radical (unpaired) electrons. The smallest absolute Gasteiger partial charge is 0.149 e. The van der Waals surface area contributed by atoms with E-state index in [1.54, 1.807) is 24.4 Å². The number of rotatable bonds is 2. The van der Waals surface area contributed by atoms with Crippen LogP contribution in [0.1, 0.15) is 25.1 Å². The summed E-state index contributed by atoms with van der Waals surface area (Å²) in [5, 5.41) is 0. The minimum atomic E-state index is -0.476. The lowest BCUT2D eigenvalue weighted by Crippen LogP contribution is -1.95. The van der Waals surface area contributed by atoms with Crippen LogP contribution < -0.4 is 10.5 Å². The van der Waals surface area contributed by atoms with Crippen molar-refractivity contribution in [1.82, 2.24) is 4.98 Å². The minimum Gasteiger partial charge on any atom is -0.457 e. The second-order valence-electron chi connectivity index (χ2n) is 3.87. The number of anilines is 1. The number of hydrogen-bond donors (Lipinski definition) is 1. The molecule has 0 atom stereocenters. The number of nitrogens with two attached hydrogens (primary N) is 1. The second kappa shape index (κ2) is 6.73. The average Bonchev–Trinajstić information content (AvgIpc) is 2.38. The summed E-state index contributed by atoms with van der Waals surface area (Å²) in [5.74, 6) is 0.614. The van der Waals surface area contributed by atoms with Gasteiger partial charge in [-0.05, 0) is 31.5 Å². The fraction of sp³-hybridized carbons (Fsp3) is 0.267. The van der Waals surface area contributed by atoms with Gasteiger partial charge in [0.15, 0.2) is 0 Å². The van der Waals surface area contributed by atoms with E-state index in [0.717, 1.165) is 11.3 Å². The van der Waals surface area contributed by atoms with Crippen molar-refractivity contribution in [3.05, 3.63) is 47.5 Å². The summed E-state index contributed by atoms with van der Waals surface area (Å²) in [4.78, 5) is 4.06. The van der Waals surface area contributed by atoms with E-state index in [0.29, 0.717) is 11.5 Å². The summed E-state index contributed by atoms with van der Waals surface area (Å²) < 4.78 is 18.9. The Balaban J connectivity index is 0.000000861. The zero-order chi connectivity index (χ0) is 14.4. The average molecular weight is 262 g/mol. The lowest BCUT2D eigenvalue weighted by atomic mass is 10.2. The van der Waals surface area contributed by atoms with Crippen molar-refractivity contribution in [2.75, 3.05) is 5.73 Å². The number of nitrogens with zero attached hydrogens (tertiary/aromatic N) is 1. The largest absolute Gasteiger partial charge is 0.457 e. The van der Waals surface area contributed by atoms with Gasteiger partial charge < -0.3 is 10.5 Å². The Labute approximate surface area is 113 Å². The topological polar surface area (TPSA) is 48.1 Å². The molecule has 0 spiro atoms. The predicted octanol–water partition coefficient (Wildman–Crippen LogP) is 4.24. The molecule has 0 aliphatic heterocycles. The number of nitrogen functional groups attached to an aromatic ring is 1. The van der Waals surface area contributed by atoms with E-state index in [2.05, 4.69) is 4.98 Å². The number of benzene rings is 1. The van der Waals surface area contributed by atoms with Gasteiger partial charge in [0.25, 0.3) is 0 Å². The normalized spacial score (nSPS) is 9.53. The van der Waals surface area contributed by atoms with Gasteiger partial charge in [0.05, 0.1) is 5.69 Å². The zero-order valence-corrected chi connectivity index (χ0v) is 11.7. The number of aromatic nitrogens is 1. The molecule has 0 amide bonds. The highest BCUT2D eigenvalue weighted by atomic mass is 19.1. The molecule has 1 aromatic carbocycles. The molecule has 102 valence electrons. The van der Waals surface area contributed by atoms with E-state index in [4.69, 9.17) is 10.5 Å². The Morgan fingerprint density at radius 1 is 1.16 bits per heavy atom. The molecule has 0 unspecified atom stereocenters. The van der Waals surface area contributed by atoms with Crippen molar-refractivity contribution in [3.63, 3.8) is 0 Å². The third kappa shape index (κ3) is 3.95. The van der Waals surface area contributed by atoms with Crippen molar-refractivity contribution in [2.45, 2.75) is 27.7 Å². The molecule has 2 aromatic rings. The molecule has 2 rings (SSSR count). The Bertz CT molecular complexity index is 556. The first-order chi connectivity index (χ1) is 9.06. The van der Waals surface area contributed by atoms with Crippen LogP contribution in [0.15, 0.2) is 30.5 Å². The third-order valence-electron chi connectivity index (χ3n) is 2.39. The zero-order valence-electron chi connectivity index (χ0n) is 11.7. The van der Waals surface area contributed by atoms with Crippen LogP contribution in [-0.4, -0.2) is 4.98 Å². The number of ether oxygens (including phenoxy) is 1. The number of halogens is 1. The Morgan fingerprint density at radius 2 is 1.84 bits per heavy atom. The van der Waals surface area contributed by atoms with Crippen LogP contribution in [0.25, 0.3) is 0 Å². The van der Waals surface area contributed by atoms with Gasteiger partial charge in [-0.2, -0.15) is 0 Å². The molecule has 0 saturated carbocycles. The molecule has 19 heavy (non-hydrogen) atoms. The van der Waals surface area contributed by atoms with E-state index in [9.17, 15) is 4.39 Å². The SMILES string of the molecule is CC.Cc1cc(Oc2cc(F)c(N)cc2C)ccn1. The quantitative estimate of drug-likeness (QED) is 0.823. The monoisotopic (exact) mass is 262 g/mol. The van der Waals surface area contributed by atoms with Crippen LogP contribution >= 0.6 is 0 Å². The molecule has 0 aliphatic rings. The highest BCUT2D eigenvalue weighted by molar-refractivity contribution is 5.49. The van der Waals surface area contributed by atoms with Gasteiger partial charge in [0.1, 0.15) is 17.3 Å². The molecular weight excluding hydrogens is 243 g/mol. The van der Waals surface area contributed by atoms with Crippen molar-refractivity contribution in [3.8, 4) is 11.5 Å². The number of hydrogen-bond acceptors (Lipinski definition) is 3. The highest BCUT2D eigenvalue weighted by Crippen LogP contribution is 2.28. The summed E-state index contributed by atoms with van der Waals surface area (Å²) in [5.41, 5.74) is 7.23. The molecule has 4 heteroatoms. The van der Waals surface area contributed by atoms with Crippen LogP contribution in [-0.2, 0) is 0 Å². The summed E-state index contributed by atoms with van der Waals surface area (Å²) in [6.07, 6.45) is 1.65. The van der Waals surface area contributed by atoms with Crippen LogP contribution in [0.3, 0.4) is 0 Å². The number of aryl methyl sites for hydroxylation is 2. The molecule has 2 N–H and O–H groups in total. The van der Waals surface area contributed by atoms with Gasteiger partial charge in [0, 0.05) is 24.0 Å². The maximum absolute atomic E-state index is 13.3. The fourth-order valence-electron chi connectivity index (χ4n) is 1.51. The molecule has 3 nitrogen and oxygen atoms in total. The number of pyridine rings is 1. The Hall–Kier alpha value is -2.10. The third-order valence-corrected chi connectivity index (χ3v) is 2.39. The highest BCUT2D eigenvalue weighted by Gasteiger charge is 2.07. The first-order valence-corrected chi connectivity index (χ1v) is 6.22. The van der Waals surface area contributed by atoms with Crippen LogP contribution in [0.2, 0.25) is 0 Å². The van der Waals surface area contributed by atoms with Crippen molar-refractivity contribution < 1.29 is 9.13 Å². The lowest BCUT2D eigenvalue weighted by Gasteiger charge is -2.10. The maximum atomic E-state index is 13.3. The molecule has 0 aliphatic carbocycles. The summed E-state index contributed by atoms with van der Waals surface area (Å²) in [6, 6.07) is 6.35. The Morgan fingerprint density at radius 3 is 2.47 bits per heavy atom. The molecule has 1 aromatic heterocycles. The van der Waals surface area contributed by atoms with Crippen molar-refractivity contribution in [1.29, 1.82) is 0 Å². The van der Waals surface area contributed by atoms with Gasteiger partial charge in [0.2, 0.25) is 0 Å². The van der Waals surface area contributed by atoms with Gasteiger partial charge in [-0.15, -0.1) is 0 Å². The summed E-state index contributed by atoms with van der Waals surface area (Å²) >= 11 is 0. The summed E-state index contributed by atoms with van der Waals surface area (Å²) in [7, 11) is 0. The molecule has 0 bridgehead atoms. The molecule has 0 saturated heterocycles.